The van der Waals surface area contributed by atoms with Gasteiger partial charge in [0.05, 0.1) is 5.41 Å². The summed E-state index contributed by atoms with van der Waals surface area (Å²) in [6.45, 7) is 5.95. The molecule has 116 valence electrons. The topological polar surface area (TPSA) is 75.4 Å². The SMILES string of the molecule is CCC(C)(CN)C(=O)Nc1cc(C(=O)N(C)C)ccc1C. The van der Waals surface area contributed by atoms with Gasteiger partial charge in [-0.05, 0) is 38.0 Å². The number of benzene rings is 1. The number of hydrogen-bond donors (Lipinski definition) is 2. The summed E-state index contributed by atoms with van der Waals surface area (Å²) in [4.78, 5) is 25.9. The van der Waals surface area contributed by atoms with E-state index in [4.69, 9.17) is 5.73 Å². The molecule has 1 aromatic rings. The van der Waals surface area contributed by atoms with Gasteiger partial charge < -0.3 is 16.0 Å². The van der Waals surface area contributed by atoms with Gasteiger partial charge in [0.2, 0.25) is 5.91 Å². The van der Waals surface area contributed by atoms with Crippen LogP contribution in [-0.4, -0.2) is 37.4 Å². The molecule has 0 saturated carbocycles. The predicted octanol–water partition coefficient (Wildman–Crippen LogP) is 2.01. The first kappa shape index (κ1) is 17.2. The van der Waals surface area contributed by atoms with E-state index >= 15 is 0 Å². The molecule has 0 heterocycles. The first-order valence-corrected chi connectivity index (χ1v) is 7.09. The van der Waals surface area contributed by atoms with Crippen LogP contribution in [0.2, 0.25) is 0 Å². The van der Waals surface area contributed by atoms with Gasteiger partial charge in [0.15, 0.2) is 0 Å². The normalized spacial score (nSPS) is 13.4. The van der Waals surface area contributed by atoms with E-state index < -0.39 is 5.41 Å². The highest BCUT2D eigenvalue weighted by Crippen LogP contribution is 2.24. The Morgan fingerprint density at radius 1 is 1.33 bits per heavy atom. The van der Waals surface area contributed by atoms with E-state index in [9.17, 15) is 9.59 Å². The molecule has 0 radical (unpaired) electrons. The smallest absolute Gasteiger partial charge is 0.253 e. The number of anilines is 1. The summed E-state index contributed by atoms with van der Waals surface area (Å²) in [6, 6.07) is 5.30. The van der Waals surface area contributed by atoms with E-state index in [1.165, 1.54) is 4.90 Å². The number of aryl methyl sites for hydroxylation is 1. The Bertz CT molecular complexity index is 534. The number of nitrogens with one attached hydrogen (secondary N) is 1. The lowest BCUT2D eigenvalue weighted by Crippen LogP contribution is -2.39. The van der Waals surface area contributed by atoms with Gasteiger partial charge in [-0.25, -0.2) is 0 Å². The van der Waals surface area contributed by atoms with Crippen LogP contribution in [0, 0.1) is 12.3 Å². The third-order valence-electron chi connectivity index (χ3n) is 3.92. The van der Waals surface area contributed by atoms with Gasteiger partial charge in [0, 0.05) is 31.9 Å². The quantitative estimate of drug-likeness (QED) is 0.871. The van der Waals surface area contributed by atoms with Crippen molar-refractivity contribution in [1.82, 2.24) is 4.90 Å². The highest BCUT2D eigenvalue weighted by Gasteiger charge is 2.30. The van der Waals surface area contributed by atoms with E-state index in [2.05, 4.69) is 5.32 Å². The summed E-state index contributed by atoms with van der Waals surface area (Å²) >= 11 is 0. The predicted molar refractivity (Wildman–Crippen MR) is 85.3 cm³/mol. The number of rotatable bonds is 5. The third kappa shape index (κ3) is 3.82. The molecule has 2 amide bonds. The standard InChI is InChI=1S/C16H25N3O2/c1-6-16(3,10-17)15(21)18-13-9-12(8-7-11(13)2)14(20)19(4)5/h7-9H,6,10,17H2,1-5H3,(H,18,21). The third-order valence-corrected chi connectivity index (χ3v) is 3.92. The van der Waals surface area contributed by atoms with Gasteiger partial charge in [-0.1, -0.05) is 13.0 Å². The molecule has 1 unspecified atom stereocenters. The first-order chi connectivity index (χ1) is 9.75. The highest BCUT2D eigenvalue weighted by atomic mass is 16.2. The maximum absolute atomic E-state index is 12.4. The first-order valence-electron chi connectivity index (χ1n) is 7.09. The number of amides is 2. The fraction of sp³-hybridized carbons (Fsp3) is 0.500. The molecule has 5 heteroatoms. The summed E-state index contributed by atoms with van der Waals surface area (Å²) in [6.07, 6.45) is 0.657. The number of nitrogens with two attached hydrogens (primary N) is 1. The second-order valence-corrected chi connectivity index (χ2v) is 5.80. The van der Waals surface area contributed by atoms with Crippen LogP contribution < -0.4 is 11.1 Å². The van der Waals surface area contributed by atoms with Crippen molar-refractivity contribution in [2.75, 3.05) is 26.0 Å². The molecule has 0 fully saturated rings. The Hall–Kier alpha value is -1.88. The fourth-order valence-corrected chi connectivity index (χ4v) is 1.82. The Morgan fingerprint density at radius 3 is 2.43 bits per heavy atom. The van der Waals surface area contributed by atoms with E-state index in [0.717, 1.165) is 5.56 Å². The van der Waals surface area contributed by atoms with Gasteiger partial charge in [0.25, 0.3) is 5.91 Å². The van der Waals surface area contributed by atoms with Crippen molar-refractivity contribution in [2.24, 2.45) is 11.1 Å². The molecule has 21 heavy (non-hydrogen) atoms. The zero-order valence-corrected chi connectivity index (χ0v) is 13.5. The number of carbonyl (C=O) groups excluding carboxylic acids is 2. The number of nitrogens with zero attached hydrogens (tertiary/aromatic N) is 1. The van der Waals surface area contributed by atoms with Crippen LogP contribution in [0.3, 0.4) is 0 Å². The molecule has 1 aromatic carbocycles. The van der Waals surface area contributed by atoms with Crippen LogP contribution in [-0.2, 0) is 4.79 Å². The maximum atomic E-state index is 12.4. The Morgan fingerprint density at radius 2 is 1.95 bits per heavy atom. The Kier molecular flexibility index (Phi) is 5.49. The average molecular weight is 291 g/mol. The fourth-order valence-electron chi connectivity index (χ4n) is 1.82. The van der Waals surface area contributed by atoms with E-state index in [1.54, 1.807) is 26.2 Å². The van der Waals surface area contributed by atoms with Gasteiger partial charge in [-0.3, -0.25) is 9.59 Å². The van der Waals surface area contributed by atoms with Gasteiger partial charge >= 0.3 is 0 Å². The molecular formula is C16H25N3O2. The molecule has 0 spiro atoms. The number of hydrogen-bond acceptors (Lipinski definition) is 3. The monoisotopic (exact) mass is 291 g/mol. The van der Waals surface area contributed by atoms with Crippen LogP contribution >= 0.6 is 0 Å². The molecule has 1 atom stereocenters. The lowest BCUT2D eigenvalue weighted by atomic mass is 9.86. The minimum absolute atomic E-state index is 0.0948. The molecule has 1 rings (SSSR count). The highest BCUT2D eigenvalue weighted by molar-refractivity contribution is 5.99. The second kappa shape index (κ2) is 6.72. The van der Waals surface area contributed by atoms with Gasteiger partial charge in [-0.2, -0.15) is 0 Å². The minimum atomic E-state index is -0.603. The van der Waals surface area contributed by atoms with Crippen molar-refractivity contribution < 1.29 is 9.59 Å². The average Bonchev–Trinajstić information content (AvgIpc) is 2.47. The summed E-state index contributed by atoms with van der Waals surface area (Å²) in [7, 11) is 3.39. The summed E-state index contributed by atoms with van der Waals surface area (Å²) in [5.74, 6) is -0.215. The Balaban J connectivity index is 3.06. The molecule has 0 aliphatic carbocycles. The lowest BCUT2D eigenvalue weighted by molar-refractivity contribution is -0.124. The van der Waals surface area contributed by atoms with Crippen molar-refractivity contribution in [3.05, 3.63) is 29.3 Å². The van der Waals surface area contributed by atoms with Gasteiger partial charge in [0.1, 0.15) is 0 Å². The molecule has 3 N–H and O–H groups in total. The van der Waals surface area contributed by atoms with Crippen LogP contribution in [0.1, 0.15) is 36.2 Å². The van der Waals surface area contributed by atoms with Crippen LogP contribution in [0.25, 0.3) is 0 Å². The van der Waals surface area contributed by atoms with E-state index in [-0.39, 0.29) is 18.4 Å². The molecule has 0 saturated heterocycles. The van der Waals surface area contributed by atoms with Crippen LogP contribution in [0.5, 0.6) is 0 Å². The summed E-state index contributed by atoms with van der Waals surface area (Å²) < 4.78 is 0. The van der Waals surface area contributed by atoms with Crippen LogP contribution in [0.4, 0.5) is 5.69 Å². The molecule has 5 nitrogen and oxygen atoms in total. The van der Waals surface area contributed by atoms with Crippen molar-refractivity contribution in [3.63, 3.8) is 0 Å². The number of carbonyl (C=O) groups is 2. The van der Waals surface area contributed by atoms with Gasteiger partial charge in [-0.15, -0.1) is 0 Å². The summed E-state index contributed by atoms with van der Waals surface area (Å²) in [5.41, 5.74) is 7.22. The maximum Gasteiger partial charge on any atom is 0.253 e. The van der Waals surface area contributed by atoms with E-state index in [0.29, 0.717) is 17.7 Å². The van der Waals surface area contributed by atoms with E-state index in [1.807, 2.05) is 26.8 Å². The summed E-state index contributed by atoms with van der Waals surface area (Å²) in [5, 5.41) is 2.90. The molecule has 0 aromatic heterocycles. The molecule has 0 aliphatic heterocycles. The molecule has 0 aliphatic rings. The lowest BCUT2D eigenvalue weighted by Gasteiger charge is -2.25. The van der Waals surface area contributed by atoms with Crippen LogP contribution in [0.15, 0.2) is 18.2 Å². The molecule has 0 bridgehead atoms. The minimum Gasteiger partial charge on any atom is -0.345 e. The van der Waals surface area contributed by atoms with Crippen molar-refractivity contribution in [2.45, 2.75) is 27.2 Å². The molecular weight excluding hydrogens is 266 g/mol. The zero-order valence-electron chi connectivity index (χ0n) is 13.5. The van der Waals surface area contributed by atoms with Crippen molar-refractivity contribution >= 4 is 17.5 Å². The van der Waals surface area contributed by atoms with Crippen molar-refractivity contribution in [3.8, 4) is 0 Å². The second-order valence-electron chi connectivity index (χ2n) is 5.80. The Labute approximate surface area is 126 Å². The largest absolute Gasteiger partial charge is 0.345 e. The van der Waals surface area contributed by atoms with Crippen molar-refractivity contribution in [1.29, 1.82) is 0 Å². The zero-order chi connectivity index (χ0) is 16.2.